The molecule has 0 saturated carbocycles. The van der Waals surface area contributed by atoms with E-state index >= 15 is 0 Å². The number of rotatable bonds is 2. The van der Waals surface area contributed by atoms with E-state index in [0.29, 0.717) is 0 Å². The fourth-order valence-corrected chi connectivity index (χ4v) is 2.70. The summed E-state index contributed by atoms with van der Waals surface area (Å²) < 4.78 is 0. The topological polar surface area (TPSA) is 44.0 Å². The second-order valence-electron chi connectivity index (χ2n) is 5.46. The maximum Gasteiger partial charge on any atom is 0.0952 e. The van der Waals surface area contributed by atoms with Gasteiger partial charge in [0.25, 0.3) is 0 Å². The summed E-state index contributed by atoms with van der Waals surface area (Å²) in [6.07, 6.45) is 1.21. The molecule has 4 heteroatoms. The number of aromatic amines is 1. The van der Waals surface area contributed by atoms with Crippen molar-refractivity contribution in [2.75, 3.05) is 31.1 Å². The van der Waals surface area contributed by atoms with E-state index in [1.54, 1.807) is 0 Å². The maximum atomic E-state index is 4.39. The first-order valence-electron chi connectivity index (χ1n) is 7.33. The highest BCUT2D eigenvalue weighted by molar-refractivity contribution is 5.66. The highest BCUT2D eigenvalue weighted by atomic mass is 15.2. The molecule has 2 N–H and O–H groups in total. The second-order valence-corrected chi connectivity index (χ2v) is 5.46. The SMILES string of the molecule is Cc1[nH]nc(-c2ccc(N3CCCNCC3)cc2)c1C. The number of H-pyrrole nitrogens is 1. The molecular formula is C16H22N4. The summed E-state index contributed by atoms with van der Waals surface area (Å²) in [6.45, 7) is 8.58. The molecule has 1 aliphatic heterocycles. The van der Waals surface area contributed by atoms with Gasteiger partial charge in [-0.15, -0.1) is 0 Å². The summed E-state index contributed by atoms with van der Waals surface area (Å²) in [6, 6.07) is 8.78. The molecule has 0 aliphatic carbocycles. The van der Waals surface area contributed by atoms with Gasteiger partial charge >= 0.3 is 0 Å². The third-order valence-corrected chi connectivity index (χ3v) is 4.10. The van der Waals surface area contributed by atoms with Crippen molar-refractivity contribution in [3.8, 4) is 11.3 Å². The molecule has 0 unspecified atom stereocenters. The summed E-state index contributed by atoms with van der Waals surface area (Å²) in [7, 11) is 0. The number of benzene rings is 1. The van der Waals surface area contributed by atoms with E-state index in [4.69, 9.17) is 0 Å². The lowest BCUT2D eigenvalue weighted by Crippen LogP contribution is -2.27. The van der Waals surface area contributed by atoms with Gasteiger partial charge in [-0.05, 0) is 44.5 Å². The van der Waals surface area contributed by atoms with Crippen LogP contribution < -0.4 is 10.2 Å². The van der Waals surface area contributed by atoms with E-state index in [9.17, 15) is 0 Å². The third kappa shape index (κ3) is 2.56. The zero-order valence-corrected chi connectivity index (χ0v) is 12.2. The predicted molar refractivity (Wildman–Crippen MR) is 83.2 cm³/mol. The molecule has 20 heavy (non-hydrogen) atoms. The number of anilines is 1. The third-order valence-electron chi connectivity index (χ3n) is 4.10. The summed E-state index contributed by atoms with van der Waals surface area (Å²) in [5.74, 6) is 0. The summed E-state index contributed by atoms with van der Waals surface area (Å²) in [4.78, 5) is 2.45. The average molecular weight is 270 g/mol. The van der Waals surface area contributed by atoms with Gasteiger partial charge in [-0.25, -0.2) is 0 Å². The molecule has 0 bridgehead atoms. The highest BCUT2D eigenvalue weighted by Gasteiger charge is 2.11. The van der Waals surface area contributed by atoms with Gasteiger partial charge in [0.1, 0.15) is 0 Å². The van der Waals surface area contributed by atoms with E-state index < -0.39 is 0 Å². The number of nitrogens with zero attached hydrogens (tertiary/aromatic N) is 2. The predicted octanol–water partition coefficient (Wildman–Crippen LogP) is 2.49. The molecule has 1 aromatic carbocycles. The molecule has 2 heterocycles. The minimum atomic E-state index is 1.06. The van der Waals surface area contributed by atoms with Crippen molar-refractivity contribution in [1.82, 2.24) is 15.5 Å². The molecule has 106 valence electrons. The molecule has 1 saturated heterocycles. The molecule has 0 amide bonds. The quantitative estimate of drug-likeness (QED) is 0.881. The Kier molecular flexibility index (Phi) is 3.74. The van der Waals surface area contributed by atoms with Crippen molar-refractivity contribution in [3.63, 3.8) is 0 Å². The van der Waals surface area contributed by atoms with Crippen molar-refractivity contribution in [2.45, 2.75) is 20.3 Å². The van der Waals surface area contributed by atoms with Gasteiger partial charge in [-0.3, -0.25) is 5.10 Å². The van der Waals surface area contributed by atoms with Crippen LogP contribution in [-0.2, 0) is 0 Å². The zero-order valence-electron chi connectivity index (χ0n) is 12.2. The van der Waals surface area contributed by atoms with Gasteiger partial charge in [0, 0.05) is 36.6 Å². The Morgan fingerprint density at radius 1 is 1.05 bits per heavy atom. The first-order chi connectivity index (χ1) is 9.75. The summed E-state index contributed by atoms with van der Waals surface area (Å²) in [5, 5.41) is 10.9. The molecule has 1 fully saturated rings. The van der Waals surface area contributed by atoms with Crippen LogP contribution in [-0.4, -0.2) is 36.4 Å². The fraction of sp³-hybridized carbons (Fsp3) is 0.438. The Hall–Kier alpha value is -1.81. The Morgan fingerprint density at radius 3 is 2.55 bits per heavy atom. The Labute approximate surface area is 120 Å². The summed E-state index contributed by atoms with van der Waals surface area (Å²) in [5.41, 5.74) is 5.93. The number of hydrogen-bond acceptors (Lipinski definition) is 3. The second kappa shape index (κ2) is 5.67. The number of aromatic nitrogens is 2. The first-order valence-corrected chi connectivity index (χ1v) is 7.33. The number of nitrogens with one attached hydrogen (secondary N) is 2. The van der Waals surface area contributed by atoms with Crippen LogP contribution in [0.15, 0.2) is 24.3 Å². The van der Waals surface area contributed by atoms with E-state index in [-0.39, 0.29) is 0 Å². The smallest absolute Gasteiger partial charge is 0.0952 e. The van der Waals surface area contributed by atoms with Gasteiger partial charge in [-0.1, -0.05) is 12.1 Å². The van der Waals surface area contributed by atoms with Crippen LogP contribution in [0.3, 0.4) is 0 Å². The Morgan fingerprint density at radius 2 is 1.85 bits per heavy atom. The van der Waals surface area contributed by atoms with Gasteiger partial charge < -0.3 is 10.2 Å². The maximum absolute atomic E-state index is 4.39. The van der Waals surface area contributed by atoms with Crippen molar-refractivity contribution in [2.24, 2.45) is 0 Å². The van der Waals surface area contributed by atoms with Gasteiger partial charge in [0.15, 0.2) is 0 Å². The molecule has 2 aromatic rings. The fourth-order valence-electron chi connectivity index (χ4n) is 2.70. The number of aryl methyl sites for hydroxylation is 1. The van der Waals surface area contributed by atoms with Crippen LogP contribution in [0.4, 0.5) is 5.69 Å². The summed E-state index contributed by atoms with van der Waals surface area (Å²) >= 11 is 0. The molecule has 3 rings (SSSR count). The van der Waals surface area contributed by atoms with Crippen molar-refractivity contribution in [3.05, 3.63) is 35.5 Å². The first kappa shape index (κ1) is 13.2. The van der Waals surface area contributed by atoms with Crippen LogP contribution in [0, 0.1) is 13.8 Å². The Balaban J connectivity index is 1.82. The lowest BCUT2D eigenvalue weighted by atomic mass is 10.1. The normalized spacial score (nSPS) is 16.2. The van der Waals surface area contributed by atoms with Crippen molar-refractivity contribution in [1.29, 1.82) is 0 Å². The minimum Gasteiger partial charge on any atom is -0.370 e. The van der Waals surface area contributed by atoms with Crippen LogP contribution in [0.25, 0.3) is 11.3 Å². The van der Waals surface area contributed by atoms with Crippen LogP contribution in [0.5, 0.6) is 0 Å². The van der Waals surface area contributed by atoms with Crippen molar-refractivity contribution >= 4 is 5.69 Å². The average Bonchev–Trinajstić information content (AvgIpc) is 2.71. The Bertz CT molecular complexity index is 563. The van der Waals surface area contributed by atoms with Gasteiger partial charge in [0.2, 0.25) is 0 Å². The van der Waals surface area contributed by atoms with Crippen LogP contribution >= 0.6 is 0 Å². The molecular weight excluding hydrogens is 248 g/mol. The standard InChI is InChI=1S/C16H22N4/c1-12-13(2)18-19-16(12)14-4-6-15(7-5-14)20-10-3-8-17-9-11-20/h4-7,17H,3,8-11H2,1-2H3,(H,18,19). The lowest BCUT2D eigenvalue weighted by Gasteiger charge is -2.22. The molecule has 1 aliphatic rings. The van der Waals surface area contributed by atoms with Crippen LogP contribution in [0.2, 0.25) is 0 Å². The highest BCUT2D eigenvalue weighted by Crippen LogP contribution is 2.25. The van der Waals surface area contributed by atoms with E-state index in [1.165, 1.54) is 23.2 Å². The van der Waals surface area contributed by atoms with Gasteiger partial charge in [-0.2, -0.15) is 5.10 Å². The van der Waals surface area contributed by atoms with E-state index in [2.05, 4.69) is 58.5 Å². The minimum absolute atomic E-state index is 1.06. The molecule has 0 radical (unpaired) electrons. The molecule has 4 nitrogen and oxygen atoms in total. The van der Waals surface area contributed by atoms with Crippen molar-refractivity contribution < 1.29 is 0 Å². The van der Waals surface area contributed by atoms with Crippen LogP contribution in [0.1, 0.15) is 17.7 Å². The molecule has 0 atom stereocenters. The molecule has 1 aromatic heterocycles. The number of hydrogen-bond donors (Lipinski definition) is 2. The molecule has 0 spiro atoms. The van der Waals surface area contributed by atoms with Gasteiger partial charge in [0.05, 0.1) is 5.69 Å². The van der Waals surface area contributed by atoms with E-state index in [1.807, 2.05) is 0 Å². The monoisotopic (exact) mass is 270 g/mol. The lowest BCUT2D eigenvalue weighted by molar-refractivity contribution is 0.724. The van der Waals surface area contributed by atoms with E-state index in [0.717, 1.165) is 37.6 Å². The largest absolute Gasteiger partial charge is 0.370 e. The zero-order chi connectivity index (χ0) is 13.9.